The van der Waals surface area contributed by atoms with Crippen LogP contribution in [-0.4, -0.2) is 50.4 Å². The number of nitrogens with one attached hydrogen (secondary N) is 1. The molecule has 0 spiro atoms. The highest BCUT2D eigenvalue weighted by molar-refractivity contribution is 7.84. The molecule has 264 valence electrons. The highest BCUT2D eigenvalue weighted by atomic mass is 32.2. The minimum absolute atomic E-state index is 0.205. The Labute approximate surface area is 297 Å². The van der Waals surface area contributed by atoms with Crippen LogP contribution in [0.5, 0.6) is 5.75 Å². The SMILES string of the molecule is CCCOc1ccc(-c2ccc3c(c2)C=C(C(=O)Nc2ccc(S(=O)Cc4ncn(CCC)c4C)cc2)CCCN3CC(C)(C)C(=O)O)cc1. The van der Waals surface area contributed by atoms with E-state index in [1.165, 1.54) is 0 Å². The lowest BCUT2D eigenvalue weighted by atomic mass is 9.91. The summed E-state index contributed by atoms with van der Waals surface area (Å²) in [6.07, 6.45) is 6.88. The fraction of sp³-hybridized carbons (Fsp3) is 0.375. The number of benzene rings is 3. The van der Waals surface area contributed by atoms with Gasteiger partial charge in [-0.1, -0.05) is 32.0 Å². The van der Waals surface area contributed by atoms with E-state index in [2.05, 4.69) is 39.7 Å². The number of ether oxygens (including phenoxy) is 1. The van der Waals surface area contributed by atoms with E-state index in [0.29, 0.717) is 54.4 Å². The summed E-state index contributed by atoms with van der Waals surface area (Å²) in [5.74, 6) is 0.0896. The number of hydrogen-bond acceptors (Lipinski definition) is 6. The largest absolute Gasteiger partial charge is 0.494 e. The third kappa shape index (κ3) is 8.90. The first-order valence-corrected chi connectivity index (χ1v) is 18.7. The van der Waals surface area contributed by atoms with Crippen molar-refractivity contribution >= 4 is 40.1 Å². The van der Waals surface area contributed by atoms with E-state index in [9.17, 15) is 18.9 Å². The van der Waals surface area contributed by atoms with E-state index in [-0.39, 0.29) is 5.91 Å². The maximum absolute atomic E-state index is 13.7. The zero-order valence-electron chi connectivity index (χ0n) is 29.7. The molecule has 3 aromatic carbocycles. The molecule has 10 heteroatoms. The van der Waals surface area contributed by atoms with Crippen LogP contribution < -0.4 is 15.0 Å². The lowest BCUT2D eigenvalue weighted by Gasteiger charge is -2.34. The second kappa shape index (κ2) is 16.3. The number of nitrogens with zero attached hydrogens (tertiary/aromatic N) is 3. The molecule has 0 radical (unpaired) electrons. The second-order valence-corrected chi connectivity index (χ2v) is 14.9. The quantitative estimate of drug-likeness (QED) is 0.137. The summed E-state index contributed by atoms with van der Waals surface area (Å²) in [6.45, 7) is 12.2. The molecular formula is C40H48N4O5S. The Morgan fingerprint density at radius 2 is 1.72 bits per heavy atom. The smallest absolute Gasteiger partial charge is 0.310 e. The number of amides is 1. The van der Waals surface area contributed by atoms with Crippen LogP contribution in [0.4, 0.5) is 11.4 Å². The third-order valence-corrected chi connectivity index (χ3v) is 10.3. The first-order valence-electron chi connectivity index (χ1n) is 17.4. The summed E-state index contributed by atoms with van der Waals surface area (Å²) in [5, 5.41) is 12.9. The van der Waals surface area contributed by atoms with Crippen LogP contribution >= 0.6 is 0 Å². The Kier molecular flexibility index (Phi) is 12.0. The molecule has 5 rings (SSSR count). The summed E-state index contributed by atoms with van der Waals surface area (Å²) >= 11 is 0. The lowest BCUT2D eigenvalue weighted by molar-refractivity contribution is -0.146. The molecule has 50 heavy (non-hydrogen) atoms. The molecule has 1 atom stereocenters. The number of carbonyl (C=O) groups is 2. The van der Waals surface area contributed by atoms with Gasteiger partial charge in [0.15, 0.2) is 0 Å². The number of anilines is 2. The van der Waals surface area contributed by atoms with Gasteiger partial charge in [0, 0.05) is 47.2 Å². The lowest BCUT2D eigenvalue weighted by Crippen LogP contribution is -2.40. The van der Waals surface area contributed by atoms with Crippen molar-refractivity contribution in [3.05, 3.63) is 95.6 Å². The van der Waals surface area contributed by atoms with Gasteiger partial charge in [-0.05, 0) is 118 Å². The molecule has 4 aromatic rings. The molecular weight excluding hydrogens is 649 g/mol. The van der Waals surface area contributed by atoms with Gasteiger partial charge in [0.25, 0.3) is 5.91 Å². The van der Waals surface area contributed by atoms with E-state index in [4.69, 9.17) is 4.74 Å². The number of carbonyl (C=O) groups excluding carboxylic acids is 1. The van der Waals surface area contributed by atoms with Crippen LogP contribution in [0.25, 0.3) is 17.2 Å². The first kappa shape index (κ1) is 36.6. The fourth-order valence-corrected chi connectivity index (χ4v) is 7.17. The van der Waals surface area contributed by atoms with E-state index in [1.807, 2.05) is 55.7 Å². The molecule has 2 heterocycles. The van der Waals surface area contributed by atoms with Crippen LogP contribution in [0.15, 0.2) is 83.5 Å². The Morgan fingerprint density at radius 1 is 1.00 bits per heavy atom. The first-order chi connectivity index (χ1) is 24.0. The van der Waals surface area contributed by atoms with Crippen LogP contribution in [0.2, 0.25) is 0 Å². The molecule has 1 aliphatic rings. The maximum Gasteiger partial charge on any atom is 0.310 e. The number of imidazole rings is 1. The number of carboxylic acids is 1. The van der Waals surface area contributed by atoms with Crippen molar-refractivity contribution < 1.29 is 23.6 Å². The van der Waals surface area contributed by atoms with Crippen molar-refractivity contribution in [2.24, 2.45) is 5.41 Å². The summed E-state index contributed by atoms with van der Waals surface area (Å²) in [5.41, 5.74) is 5.89. The van der Waals surface area contributed by atoms with Gasteiger partial charge >= 0.3 is 5.97 Å². The minimum Gasteiger partial charge on any atom is -0.494 e. The number of hydrogen-bond donors (Lipinski definition) is 2. The standard InChI is InChI=1S/C40H48N4O5S/c1-6-20-44-27-41-36(28(44)3)25-50(48)35-17-13-33(14-18-35)42-38(45)31-9-8-21-43(26-40(4,5)39(46)47)37-19-12-30(23-32(37)24-31)29-10-15-34(16-11-29)49-22-7-2/h10-19,23-24,27H,6-9,20-22,25-26H2,1-5H3,(H,42,45)(H,46,47). The average molecular weight is 697 g/mol. The summed E-state index contributed by atoms with van der Waals surface area (Å²) in [6, 6.07) is 21.2. The molecule has 1 unspecified atom stereocenters. The zero-order valence-corrected chi connectivity index (χ0v) is 30.5. The maximum atomic E-state index is 13.7. The summed E-state index contributed by atoms with van der Waals surface area (Å²) in [7, 11) is -1.27. The minimum atomic E-state index is -1.27. The van der Waals surface area contributed by atoms with E-state index in [1.54, 1.807) is 38.1 Å². The van der Waals surface area contributed by atoms with E-state index >= 15 is 0 Å². The average Bonchev–Trinajstić information content (AvgIpc) is 3.43. The van der Waals surface area contributed by atoms with Crippen molar-refractivity contribution in [1.82, 2.24) is 9.55 Å². The topological polar surface area (TPSA) is 114 Å². The Balaban J connectivity index is 1.38. The number of rotatable bonds is 14. The normalized spacial score (nSPS) is 13.9. The van der Waals surface area contributed by atoms with Gasteiger partial charge in [-0.25, -0.2) is 4.98 Å². The van der Waals surface area contributed by atoms with Gasteiger partial charge in [0.1, 0.15) is 5.75 Å². The van der Waals surface area contributed by atoms with E-state index < -0.39 is 22.2 Å². The predicted octanol–water partition coefficient (Wildman–Crippen LogP) is 8.10. The van der Waals surface area contributed by atoms with Gasteiger partial charge in [-0.2, -0.15) is 0 Å². The van der Waals surface area contributed by atoms with Crippen molar-refractivity contribution in [2.45, 2.75) is 77.5 Å². The fourth-order valence-electron chi connectivity index (χ4n) is 6.03. The zero-order chi connectivity index (χ0) is 35.8. The monoisotopic (exact) mass is 696 g/mol. The molecule has 1 aromatic heterocycles. The van der Waals surface area contributed by atoms with Crippen molar-refractivity contribution in [3.8, 4) is 16.9 Å². The highest BCUT2D eigenvalue weighted by Crippen LogP contribution is 2.35. The van der Waals surface area contributed by atoms with Gasteiger partial charge in [-0.15, -0.1) is 0 Å². The molecule has 0 saturated carbocycles. The van der Waals surface area contributed by atoms with Crippen LogP contribution in [0.3, 0.4) is 0 Å². The molecule has 0 bridgehead atoms. The Morgan fingerprint density at radius 3 is 2.40 bits per heavy atom. The molecule has 0 aliphatic carbocycles. The molecule has 0 fully saturated rings. The summed E-state index contributed by atoms with van der Waals surface area (Å²) < 4.78 is 21.0. The molecule has 1 aliphatic heterocycles. The van der Waals surface area contributed by atoms with E-state index in [0.717, 1.165) is 58.9 Å². The third-order valence-electron chi connectivity index (χ3n) is 9.00. The Bertz CT molecular complexity index is 1860. The van der Waals surface area contributed by atoms with Gasteiger partial charge in [-0.3, -0.25) is 13.8 Å². The highest BCUT2D eigenvalue weighted by Gasteiger charge is 2.31. The number of aryl methyl sites for hydroxylation is 1. The van der Waals surface area contributed by atoms with Gasteiger partial charge < -0.3 is 24.6 Å². The molecule has 9 nitrogen and oxygen atoms in total. The Hall–Kier alpha value is -4.70. The van der Waals surface area contributed by atoms with Gasteiger partial charge in [0.05, 0.1) is 40.6 Å². The van der Waals surface area contributed by atoms with Crippen LogP contribution in [0.1, 0.15) is 70.3 Å². The molecule has 2 N–H and O–H groups in total. The van der Waals surface area contributed by atoms with Crippen LogP contribution in [-0.2, 0) is 32.7 Å². The van der Waals surface area contributed by atoms with Crippen molar-refractivity contribution in [1.29, 1.82) is 0 Å². The van der Waals surface area contributed by atoms with Crippen molar-refractivity contribution in [2.75, 3.05) is 29.9 Å². The summed E-state index contributed by atoms with van der Waals surface area (Å²) in [4.78, 5) is 33.1. The van der Waals surface area contributed by atoms with Crippen LogP contribution in [0, 0.1) is 12.3 Å². The number of aliphatic carboxylic acids is 1. The molecule has 1 amide bonds. The number of aromatic nitrogens is 2. The van der Waals surface area contributed by atoms with Crippen molar-refractivity contribution in [3.63, 3.8) is 0 Å². The number of carboxylic acid groups (broad SMARTS) is 1. The number of fused-ring (bicyclic) bond motifs is 1. The predicted molar refractivity (Wildman–Crippen MR) is 201 cm³/mol. The van der Waals surface area contributed by atoms with Gasteiger partial charge in [0.2, 0.25) is 0 Å². The molecule has 0 saturated heterocycles. The second-order valence-electron chi connectivity index (χ2n) is 13.5.